The second-order valence-corrected chi connectivity index (χ2v) is 11.1. The van der Waals surface area contributed by atoms with Crippen molar-refractivity contribution in [2.24, 2.45) is 0 Å². The van der Waals surface area contributed by atoms with Gasteiger partial charge in [-0.2, -0.15) is 0 Å². The highest BCUT2D eigenvalue weighted by Gasteiger charge is 2.21. The number of amides is 1. The van der Waals surface area contributed by atoms with Crippen LogP contribution in [-0.4, -0.2) is 45.6 Å². The first kappa shape index (κ1) is 26.8. The minimum atomic E-state index is -0.609. The molecule has 0 atom stereocenters. The third-order valence-electron chi connectivity index (χ3n) is 5.05. The highest BCUT2D eigenvalue weighted by Crippen LogP contribution is 2.34. The first-order valence-corrected chi connectivity index (χ1v) is 12.8. The Kier molecular flexibility index (Phi) is 7.96. The number of anilines is 1. The Hall–Kier alpha value is -3.27. The lowest BCUT2D eigenvalue weighted by molar-refractivity contribution is -0.152. The SMILES string of the molecule is CNC(=O)c1cnc(-n2ccc3cc(N(CC(=O)OC(C)(C)C)Sc4cc(Cl)cc(Cl)c4)ccc32)cn1. The number of carbonyl (C=O) groups excluding carboxylic acids is 2. The van der Waals surface area contributed by atoms with Gasteiger partial charge in [-0.25, -0.2) is 9.97 Å². The molecule has 0 unspecified atom stereocenters. The van der Waals surface area contributed by atoms with Crippen LogP contribution < -0.4 is 9.62 Å². The van der Waals surface area contributed by atoms with E-state index in [1.807, 2.05) is 60.1 Å². The first-order valence-electron chi connectivity index (χ1n) is 11.3. The molecule has 37 heavy (non-hydrogen) atoms. The number of hydrogen-bond donors (Lipinski definition) is 1. The Bertz CT molecular complexity index is 1430. The van der Waals surface area contributed by atoms with E-state index in [9.17, 15) is 9.59 Å². The number of halogens is 2. The normalized spacial score (nSPS) is 11.4. The summed E-state index contributed by atoms with van der Waals surface area (Å²) in [6.45, 7) is 5.50. The Morgan fingerprint density at radius 3 is 2.41 bits per heavy atom. The predicted octanol–water partition coefficient (Wildman–Crippen LogP) is 5.94. The number of benzene rings is 2. The number of carbonyl (C=O) groups is 2. The summed E-state index contributed by atoms with van der Waals surface area (Å²) in [6.07, 6.45) is 4.86. The molecule has 1 amide bonds. The molecule has 0 aliphatic heterocycles. The van der Waals surface area contributed by atoms with Crippen LogP contribution in [0.15, 0.2) is 66.0 Å². The third kappa shape index (κ3) is 6.74. The lowest BCUT2D eigenvalue weighted by atomic mass is 10.2. The van der Waals surface area contributed by atoms with Crippen LogP contribution in [0, 0.1) is 0 Å². The quantitative estimate of drug-likeness (QED) is 0.222. The van der Waals surface area contributed by atoms with Gasteiger partial charge in [0.05, 0.1) is 17.9 Å². The van der Waals surface area contributed by atoms with Crippen molar-refractivity contribution in [2.45, 2.75) is 31.3 Å². The van der Waals surface area contributed by atoms with E-state index in [4.69, 9.17) is 27.9 Å². The Morgan fingerprint density at radius 1 is 1.05 bits per heavy atom. The lowest BCUT2D eigenvalue weighted by Gasteiger charge is -2.26. The average Bonchev–Trinajstić information content (AvgIpc) is 3.25. The molecule has 0 radical (unpaired) electrons. The van der Waals surface area contributed by atoms with E-state index in [0.29, 0.717) is 15.9 Å². The van der Waals surface area contributed by atoms with Gasteiger partial charge in [-0.1, -0.05) is 23.2 Å². The van der Waals surface area contributed by atoms with Gasteiger partial charge in [0.1, 0.15) is 17.8 Å². The van der Waals surface area contributed by atoms with Gasteiger partial charge in [0, 0.05) is 39.3 Å². The Morgan fingerprint density at radius 2 is 1.78 bits per heavy atom. The minimum absolute atomic E-state index is 0.00468. The summed E-state index contributed by atoms with van der Waals surface area (Å²) < 4.78 is 9.28. The number of nitrogens with zero attached hydrogens (tertiary/aromatic N) is 4. The molecule has 11 heteroatoms. The van der Waals surface area contributed by atoms with E-state index < -0.39 is 5.60 Å². The summed E-state index contributed by atoms with van der Waals surface area (Å²) in [6, 6.07) is 13.0. The molecule has 0 aliphatic rings. The fraction of sp³-hybridized carbons (Fsp3) is 0.231. The maximum Gasteiger partial charge on any atom is 0.327 e. The molecule has 0 saturated carbocycles. The number of ether oxygens (including phenoxy) is 1. The van der Waals surface area contributed by atoms with Gasteiger partial charge in [-0.15, -0.1) is 0 Å². The summed E-state index contributed by atoms with van der Waals surface area (Å²) in [5.41, 5.74) is 1.31. The third-order valence-corrected chi connectivity index (χ3v) is 6.49. The molecule has 4 rings (SSSR count). The fourth-order valence-corrected chi connectivity index (χ4v) is 5.21. The molecule has 0 spiro atoms. The highest BCUT2D eigenvalue weighted by molar-refractivity contribution is 8.00. The van der Waals surface area contributed by atoms with Crippen molar-refractivity contribution in [3.05, 3.63) is 76.8 Å². The molecule has 192 valence electrons. The molecule has 0 bridgehead atoms. The highest BCUT2D eigenvalue weighted by atomic mass is 35.5. The largest absolute Gasteiger partial charge is 0.459 e. The van der Waals surface area contributed by atoms with E-state index in [-0.39, 0.29) is 24.1 Å². The van der Waals surface area contributed by atoms with Crippen molar-refractivity contribution in [2.75, 3.05) is 17.9 Å². The van der Waals surface area contributed by atoms with Crippen molar-refractivity contribution in [3.63, 3.8) is 0 Å². The Labute approximate surface area is 229 Å². The maximum atomic E-state index is 12.7. The summed E-state index contributed by atoms with van der Waals surface area (Å²) in [5, 5.41) is 4.46. The van der Waals surface area contributed by atoms with Crippen molar-refractivity contribution in [3.8, 4) is 5.82 Å². The van der Waals surface area contributed by atoms with Crippen molar-refractivity contribution in [1.82, 2.24) is 19.9 Å². The van der Waals surface area contributed by atoms with Crippen molar-refractivity contribution in [1.29, 1.82) is 0 Å². The van der Waals surface area contributed by atoms with Crippen LogP contribution in [0.4, 0.5) is 5.69 Å². The van der Waals surface area contributed by atoms with Crippen molar-refractivity contribution < 1.29 is 14.3 Å². The second kappa shape index (κ2) is 11.0. The van der Waals surface area contributed by atoms with Crippen LogP contribution in [0.5, 0.6) is 0 Å². The molecule has 4 aromatic rings. The zero-order chi connectivity index (χ0) is 26.7. The van der Waals surface area contributed by atoms with Gasteiger partial charge in [0.15, 0.2) is 5.82 Å². The smallest absolute Gasteiger partial charge is 0.327 e. The molecule has 2 heterocycles. The van der Waals surface area contributed by atoms with E-state index >= 15 is 0 Å². The van der Waals surface area contributed by atoms with Gasteiger partial charge in [0.25, 0.3) is 5.91 Å². The second-order valence-electron chi connectivity index (χ2n) is 9.09. The summed E-state index contributed by atoms with van der Waals surface area (Å²) in [7, 11) is 1.54. The van der Waals surface area contributed by atoms with Gasteiger partial charge >= 0.3 is 5.97 Å². The zero-order valence-corrected chi connectivity index (χ0v) is 23.0. The Balaban J connectivity index is 1.66. The summed E-state index contributed by atoms with van der Waals surface area (Å²) >= 11 is 13.7. The summed E-state index contributed by atoms with van der Waals surface area (Å²) in [5.74, 6) is -0.0918. The van der Waals surface area contributed by atoms with Crippen LogP contribution in [0.1, 0.15) is 31.3 Å². The minimum Gasteiger partial charge on any atom is -0.459 e. The number of aromatic nitrogens is 3. The standard InChI is InChI=1S/C26H25Cl2N5O3S/c1-26(2,3)36-24(34)15-33(37-20-11-17(27)10-18(28)12-20)19-5-6-22-16(9-19)7-8-32(22)23-14-30-21(13-31-23)25(35)29-4/h5-14H,15H2,1-4H3,(H,29,35). The van der Waals surface area contributed by atoms with E-state index in [0.717, 1.165) is 21.5 Å². The zero-order valence-electron chi connectivity index (χ0n) is 20.7. The molecular formula is C26H25Cl2N5O3S. The molecule has 2 aromatic carbocycles. The molecule has 8 nitrogen and oxygen atoms in total. The number of hydrogen-bond acceptors (Lipinski definition) is 7. The van der Waals surface area contributed by atoms with Crippen LogP contribution in [-0.2, 0) is 9.53 Å². The fourth-order valence-electron chi connectivity index (χ4n) is 3.55. The molecule has 2 aromatic heterocycles. The average molecular weight is 558 g/mol. The van der Waals surface area contributed by atoms with Crippen LogP contribution in [0.25, 0.3) is 16.7 Å². The first-order chi connectivity index (χ1) is 17.5. The van der Waals surface area contributed by atoms with Crippen LogP contribution in [0.3, 0.4) is 0 Å². The van der Waals surface area contributed by atoms with E-state index in [1.165, 1.54) is 18.1 Å². The van der Waals surface area contributed by atoms with Gasteiger partial charge in [-0.3, -0.25) is 14.2 Å². The summed E-state index contributed by atoms with van der Waals surface area (Å²) in [4.78, 5) is 33.9. The number of fused-ring (bicyclic) bond motifs is 1. The number of esters is 1. The van der Waals surface area contributed by atoms with Gasteiger partial charge in [0.2, 0.25) is 0 Å². The number of rotatable bonds is 7. The van der Waals surface area contributed by atoms with E-state index in [2.05, 4.69) is 15.3 Å². The lowest BCUT2D eigenvalue weighted by Crippen LogP contribution is -2.31. The number of nitrogens with one attached hydrogen (secondary N) is 1. The van der Waals surface area contributed by atoms with Crippen LogP contribution in [0.2, 0.25) is 10.0 Å². The van der Waals surface area contributed by atoms with Crippen LogP contribution >= 0.6 is 35.1 Å². The topological polar surface area (TPSA) is 89.4 Å². The predicted molar refractivity (Wildman–Crippen MR) is 148 cm³/mol. The monoisotopic (exact) mass is 557 g/mol. The molecule has 0 saturated heterocycles. The van der Waals surface area contributed by atoms with E-state index in [1.54, 1.807) is 31.4 Å². The molecule has 0 fully saturated rings. The molecule has 0 aliphatic carbocycles. The molecular weight excluding hydrogens is 533 g/mol. The van der Waals surface area contributed by atoms with Gasteiger partial charge < -0.3 is 14.4 Å². The maximum absolute atomic E-state index is 12.7. The van der Waals surface area contributed by atoms with Crippen molar-refractivity contribution >= 4 is 63.6 Å². The molecule has 1 N–H and O–H groups in total. The van der Waals surface area contributed by atoms with Gasteiger partial charge in [-0.05, 0) is 75.2 Å².